The van der Waals surface area contributed by atoms with Crippen LogP contribution in [0.2, 0.25) is 0 Å². The highest BCUT2D eigenvalue weighted by molar-refractivity contribution is 5.69. The first-order chi connectivity index (χ1) is 8.24. The van der Waals surface area contributed by atoms with Gasteiger partial charge >= 0.3 is 5.97 Å². The molecule has 4 nitrogen and oxygen atoms in total. The van der Waals surface area contributed by atoms with Crippen LogP contribution in [-0.4, -0.2) is 37.2 Å². The van der Waals surface area contributed by atoms with E-state index < -0.39 is 0 Å². The van der Waals surface area contributed by atoms with Gasteiger partial charge in [-0.2, -0.15) is 0 Å². The van der Waals surface area contributed by atoms with E-state index in [9.17, 15) is 4.79 Å². The molecular weight excluding hydrogens is 218 g/mol. The molecule has 1 saturated heterocycles. The van der Waals surface area contributed by atoms with Gasteiger partial charge in [-0.15, -0.1) is 0 Å². The summed E-state index contributed by atoms with van der Waals surface area (Å²) in [6.07, 6.45) is 0. The highest BCUT2D eigenvalue weighted by Crippen LogP contribution is 2.14. The van der Waals surface area contributed by atoms with Gasteiger partial charge in [0.2, 0.25) is 0 Å². The predicted octanol–water partition coefficient (Wildman–Crippen LogP) is 1.44. The van der Waals surface area contributed by atoms with Crippen LogP contribution in [0.3, 0.4) is 0 Å². The van der Waals surface area contributed by atoms with Crippen LogP contribution in [0.5, 0.6) is 5.75 Å². The highest BCUT2D eigenvalue weighted by Gasteiger charge is 2.10. The molecule has 17 heavy (non-hydrogen) atoms. The molecule has 0 aromatic heterocycles. The average Bonchev–Trinajstić information content (AvgIpc) is 2.32. The van der Waals surface area contributed by atoms with Crippen LogP contribution in [-0.2, 0) is 16.1 Å². The number of ether oxygens (including phenoxy) is 2. The molecule has 0 N–H and O–H groups in total. The molecule has 1 aromatic carbocycles. The minimum Gasteiger partial charge on any atom is -0.427 e. The Hall–Kier alpha value is -1.39. The molecule has 0 spiro atoms. The van der Waals surface area contributed by atoms with Crippen molar-refractivity contribution in [1.29, 1.82) is 0 Å². The third-order valence-corrected chi connectivity index (χ3v) is 2.69. The maximum atomic E-state index is 10.8. The Morgan fingerprint density at radius 1 is 1.29 bits per heavy atom. The standard InChI is InChI=1S/C13H17NO3/c1-11(15)17-13-4-2-12(3-5-13)10-14-6-8-16-9-7-14/h2-5H,6-10H2,1H3. The summed E-state index contributed by atoms with van der Waals surface area (Å²) in [5.41, 5.74) is 1.22. The van der Waals surface area contributed by atoms with Crippen LogP contribution >= 0.6 is 0 Å². The summed E-state index contributed by atoms with van der Waals surface area (Å²) < 4.78 is 10.3. The largest absolute Gasteiger partial charge is 0.427 e. The molecule has 0 bridgehead atoms. The van der Waals surface area contributed by atoms with Crippen LogP contribution in [0.15, 0.2) is 24.3 Å². The first-order valence-corrected chi connectivity index (χ1v) is 5.81. The number of rotatable bonds is 3. The summed E-state index contributed by atoms with van der Waals surface area (Å²) in [6, 6.07) is 7.65. The van der Waals surface area contributed by atoms with Crippen molar-refractivity contribution in [3.63, 3.8) is 0 Å². The Labute approximate surface area is 101 Å². The van der Waals surface area contributed by atoms with Crippen molar-refractivity contribution in [2.45, 2.75) is 13.5 Å². The SMILES string of the molecule is CC(=O)Oc1ccc(CN2CCOCC2)cc1. The van der Waals surface area contributed by atoms with E-state index in [2.05, 4.69) is 4.90 Å². The fraction of sp³-hybridized carbons (Fsp3) is 0.462. The Kier molecular flexibility index (Phi) is 4.12. The van der Waals surface area contributed by atoms with E-state index >= 15 is 0 Å². The molecule has 0 aliphatic carbocycles. The number of benzene rings is 1. The Morgan fingerprint density at radius 3 is 2.53 bits per heavy atom. The smallest absolute Gasteiger partial charge is 0.308 e. The number of morpholine rings is 1. The zero-order valence-corrected chi connectivity index (χ0v) is 10.0. The van der Waals surface area contributed by atoms with Gasteiger partial charge in [-0.25, -0.2) is 0 Å². The molecular formula is C13H17NO3. The topological polar surface area (TPSA) is 38.8 Å². The van der Waals surface area contributed by atoms with Gasteiger partial charge in [0.1, 0.15) is 5.75 Å². The van der Waals surface area contributed by atoms with Gasteiger partial charge in [-0.05, 0) is 17.7 Å². The number of esters is 1. The van der Waals surface area contributed by atoms with Gasteiger partial charge < -0.3 is 9.47 Å². The Morgan fingerprint density at radius 2 is 1.94 bits per heavy atom. The second-order valence-electron chi connectivity index (χ2n) is 4.13. The van der Waals surface area contributed by atoms with Crippen molar-refractivity contribution in [3.05, 3.63) is 29.8 Å². The fourth-order valence-electron chi connectivity index (χ4n) is 1.85. The molecule has 1 heterocycles. The lowest BCUT2D eigenvalue weighted by atomic mass is 10.2. The van der Waals surface area contributed by atoms with Crippen LogP contribution in [0.25, 0.3) is 0 Å². The van der Waals surface area contributed by atoms with E-state index in [4.69, 9.17) is 9.47 Å². The normalized spacial score (nSPS) is 16.8. The monoisotopic (exact) mass is 235 g/mol. The summed E-state index contributed by atoms with van der Waals surface area (Å²) in [5, 5.41) is 0. The van der Waals surface area contributed by atoms with E-state index in [0.29, 0.717) is 5.75 Å². The summed E-state index contributed by atoms with van der Waals surface area (Å²) in [5.74, 6) is 0.314. The van der Waals surface area contributed by atoms with Crippen molar-refractivity contribution in [2.24, 2.45) is 0 Å². The molecule has 0 unspecified atom stereocenters. The molecule has 92 valence electrons. The lowest BCUT2D eigenvalue weighted by molar-refractivity contribution is -0.131. The maximum absolute atomic E-state index is 10.8. The molecule has 1 aromatic rings. The highest BCUT2D eigenvalue weighted by atomic mass is 16.5. The van der Waals surface area contributed by atoms with Gasteiger partial charge in [0.05, 0.1) is 13.2 Å². The molecule has 0 radical (unpaired) electrons. The average molecular weight is 235 g/mol. The number of carbonyl (C=O) groups excluding carboxylic acids is 1. The first kappa shape index (κ1) is 12.1. The lowest BCUT2D eigenvalue weighted by Gasteiger charge is -2.26. The third kappa shape index (κ3) is 3.84. The Bertz CT molecular complexity index is 369. The summed E-state index contributed by atoms with van der Waals surface area (Å²) in [4.78, 5) is 13.1. The molecule has 0 saturated carbocycles. The predicted molar refractivity (Wildman–Crippen MR) is 63.8 cm³/mol. The quantitative estimate of drug-likeness (QED) is 0.587. The van der Waals surface area contributed by atoms with Crippen molar-refractivity contribution in [2.75, 3.05) is 26.3 Å². The molecule has 1 aliphatic rings. The fourth-order valence-corrected chi connectivity index (χ4v) is 1.85. The van der Waals surface area contributed by atoms with Crippen LogP contribution in [0.4, 0.5) is 0 Å². The van der Waals surface area contributed by atoms with Crippen LogP contribution < -0.4 is 4.74 Å². The molecule has 1 fully saturated rings. The second kappa shape index (κ2) is 5.80. The van der Waals surface area contributed by atoms with E-state index in [-0.39, 0.29) is 5.97 Å². The first-order valence-electron chi connectivity index (χ1n) is 5.81. The van der Waals surface area contributed by atoms with Crippen molar-refractivity contribution in [1.82, 2.24) is 4.90 Å². The van der Waals surface area contributed by atoms with Gasteiger partial charge in [0.25, 0.3) is 0 Å². The van der Waals surface area contributed by atoms with E-state index in [1.807, 2.05) is 24.3 Å². The number of carbonyl (C=O) groups is 1. The van der Waals surface area contributed by atoms with E-state index in [0.717, 1.165) is 32.8 Å². The second-order valence-corrected chi connectivity index (χ2v) is 4.13. The summed E-state index contributed by atoms with van der Waals surface area (Å²) in [6.45, 7) is 5.90. The minimum absolute atomic E-state index is 0.286. The molecule has 0 atom stereocenters. The molecule has 1 aliphatic heterocycles. The van der Waals surface area contributed by atoms with Gasteiger partial charge in [0.15, 0.2) is 0 Å². The summed E-state index contributed by atoms with van der Waals surface area (Å²) >= 11 is 0. The molecule has 0 amide bonds. The van der Waals surface area contributed by atoms with Gasteiger partial charge in [0, 0.05) is 26.6 Å². The number of nitrogens with zero attached hydrogens (tertiary/aromatic N) is 1. The maximum Gasteiger partial charge on any atom is 0.308 e. The van der Waals surface area contributed by atoms with Gasteiger partial charge in [-0.1, -0.05) is 12.1 Å². The van der Waals surface area contributed by atoms with E-state index in [1.165, 1.54) is 12.5 Å². The zero-order chi connectivity index (χ0) is 12.1. The number of hydrogen-bond donors (Lipinski definition) is 0. The molecule has 4 heteroatoms. The third-order valence-electron chi connectivity index (χ3n) is 2.69. The van der Waals surface area contributed by atoms with Crippen LogP contribution in [0.1, 0.15) is 12.5 Å². The van der Waals surface area contributed by atoms with Crippen molar-refractivity contribution < 1.29 is 14.3 Å². The van der Waals surface area contributed by atoms with Crippen LogP contribution in [0, 0.1) is 0 Å². The van der Waals surface area contributed by atoms with Crippen molar-refractivity contribution >= 4 is 5.97 Å². The minimum atomic E-state index is -0.286. The van der Waals surface area contributed by atoms with E-state index in [1.54, 1.807) is 0 Å². The van der Waals surface area contributed by atoms with Gasteiger partial charge in [-0.3, -0.25) is 9.69 Å². The van der Waals surface area contributed by atoms with Crippen molar-refractivity contribution in [3.8, 4) is 5.75 Å². The Balaban J connectivity index is 1.90. The lowest BCUT2D eigenvalue weighted by Crippen LogP contribution is -2.35. The summed E-state index contributed by atoms with van der Waals surface area (Å²) in [7, 11) is 0. The number of hydrogen-bond acceptors (Lipinski definition) is 4. The zero-order valence-electron chi connectivity index (χ0n) is 10.0. The molecule has 2 rings (SSSR count).